The van der Waals surface area contributed by atoms with Crippen molar-refractivity contribution in [3.8, 4) is 10.7 Å². The number of benzene rings is 1. The molecule has 0 atom stereocenters. The number of carbonyl (C=O) groups excluding carboxylic acids is 1. The van der Waals surface area contributed by atoms with Crippen molar-refractivity contribution in [2.45, 2.75) is 44.1 Å². The van der Waals surface area contributed by atoms with Gasteiger partial charge in [0.15, 0.2) is 10.6 Å². The van der Waals surface area contributed by atoms with Crippen LogP contribution in [-0.2, 0) is 16.8 Å². The number of hydrogen-bond acceptors (Lipinski definition) is 4. The maximum atomic E-state index is 12.6. The van der Waals surface area contributed by atoms with E-state index >= 15 is 0 Å². The van der Waals surface area contributed by atoms with Gasteiger partial charge in [0.25, 0.3) is 0 Å². The molecule has 0 bridgehead atoms. The van der Waals surface area contributed by atoms with Crippen molar-refractivity contribution < 1.29 is 4.79 Å². The molecule has 2 aromatic heterocycles. The van der Waals surface area contributed by atoms with E-state index in [9.17, 15) is 4.79 Å². The van der Waals surface area contributed by atoms with E-state index in [1.165, 1.54) is 18.4 Å². The molecule has 4 rings (SSSR count). The Kier molecular flexibility index (Phi) is 5.73. The van der Waals surface area contributed by atoms with Gasteiger partial charge in [-0.25, -0.2) is 0 Å². The maximum Gasteiger partial charge on any atom is 0.221 e. The number of nitrogens with one attached hydrogen (secondary N) is 2. The van der Waals surface area contributed by atoms with E-state index < -0.39 is 0 Å². The van der Waals surface area contributed by atoms with Crippen LogP contribution in [0, 0.1) is 4.77 Å². The van der Waals surface area contributed by atoms with Crippen LogP contribution in [0.4, 0.5) is 0 Å². The molecule has 7 heteroatoms. The minimum absolute atomic E-state index is 0.0578. The van der Waals surface area contributed by atoms with Crippen molar-refractivity contribution in [2.24, 2.45) is 0 Å². The molecule has 146 valence electrons. The highest BCUT2D eigenvalue weighted by Crippen LogP contribution is 2.40. The molecule has 2 N–H and O–H groups in total. The monoisotopic (exact) mass is 412 g/mol. The lowest BCUT2D eigenvalue weighted by Crippen LogP contribution is -2.39. The normalized spacial score (nSPS) is 15.6. The first-order valence-corrected chi connectivity index (χ1v) is 11.0. The van der Waals surface area contributed by atoms with E-state index in [-0.39, 0.29) is 11.3 Å². The Hall–Kier alpha value is -2.25. The summed E-state index contributed by atoms with van der Waals surface area (Å²) in [5.74, 6) is 0.854. The Bertz CT molecular complexity index is 970. The average molecular weight is 413 g/mol. The molecule has 5 nitrogen and oxygen atoms in total. The second kappa shape index (κ2) is 8.41. The molecule has 1 fully saturated rings. The molecule has 0 radical (unpaired) electrons. The van der Waals surface area contributed by atoms with E-state index in [2.05, 4.69) is 39.8 Å². The van der Waals surface area contributed by atoms with Crippen molar-refractivity contribution in [1.82, 2.24) is 20.1 Å². The highest BCUT2D eigenvalue weighted by molar-refractivity contribution is 7.71. The smallest absolute Gasteiger partial charge is 0.221 e. The van der Waals surface area contributed by atoms with E-state index in [4.69, 9.17) is 12.2 Å². The zero-order valence-corrected chi connectivity index (χ0v) is 17.3. The van der Waals surface area contributed by atoms with E-state index in [1.54, 1.807) is 11.3 Å². The average Bonchev–Trinajstić information content (AvgIpc) is 3.47. The number of aromatic nitrogens is 3. The number of amides is 1. The lowest BCUT2D eigenvalue weighted by molar-refractivity contribution is -0.121. The summed E-state index contributed by atoms with van der Waals surface area (Å²) in [5, 5.41) is 12.4. The first-order chi connectivity index (χ1) is 13.7. The van der Waals surface area contributed by atoms with E-state index in [1.807, 2.05) is 28.1 Å². The van der Waals surface area contributed by atoms with Gasteiger partial charge in [-0.15, -0.1) is 11.3 Å². The zero-order valence-electron chi connectivity index (χ0n) is 15.7. The van der Waals surface area contributed by atoms with Crippen molar-refractivity contribution in [3.63, 3.8) is 0 Å². The largest absolute Gasteiger partial charge is 0.355 e. The van der Waals surface area contributed by atoms with Crippen LogP contribution in [0.25, 0.3) is 10.7 Å². The Morgan fingerprint density at radius 2 is 2.00 bits per heavy atom. The third kappa shape index (κ3) is 3.95. The van der Waals surface area contributed by atoms with Crippen LogP contribution in [-0.4, -0.2) is 27.2 Å². The molecule has 0 unspecified atom stereocenters. The number of hydrogen-bond donors (Lipinski definition) is 2. The number of nitrogens with zero attached hydrogens (tertiary/aromatic N) is 2. The molecular formula is C21H24N4OS2. The third-order valence-corrected chi connectivity index (χ3v) is 6.81. The molecular weight excluding hydrogens is 388 g/mol. The highest BCUT2D eigenvalue weighted by Gasteiger charge is 2.35. The van der Waals surface area contributed by atoms with Crippen molar-refractivity contribution in [2.75, 3.05) is 6.54 Å². The third-order valence-electron chi connectivity index (χ3n) is 5.63. The summed E-state index contributed by atoms with van der Waals surface area (Å²) in [6.45, 7) is 1.22. The quantitative estimate of drug-likeness (QED) is 0.554. The van der Waals surface area contributed by atoms with Crippen LogP contribution in [0.3, 0.4) is 0 Å². The maximum absolute atomic E-state index is 12.6. The Morgan fingerprint density at radius 1 is 1.21 bits per heavy atom. The predicted molar refractivity (Wildman–Crippen MR) is 115 cm³/mol. The first kappa shape index (κ1) is 19.1. The molecule has 1 amide bonds. The molecule has 0 aliphatic heterocycles. The topological polar surface area (TPSA) is 62.7 Å². The summed E-state index contributed by atoms with van der Waals surface area (Å²) in [7, 11) is 0. The molecule has 1 saturated carbocycles. The van der Waals surface area contributed by atoms with E-state index in [0.29, 0.717) is 24.3 Å². The van der Waals surface area contributed by atoms with Gasteiger partial charge in [-0.2, -0.15) is 5.10 Å². The second-order valence-electron chi connectivity index (χ2n) is 7.36. The van der Waals surface area contributed by atoms with Crippen LogP contribution in [0.5, 0.6) is 0 Å². The summed E-state index contributed by atoms with van der Waals surface area (Å²) in [6, 6.07) is 14.6. The molecule has 3 aromatic rings. The molecule has 1 aromatic carbocycles. The summed E-state index contributed by atoms with van der Waals surface area (Å²) in [4.78, 5) is 13.6. The van der Waals surface area contributed by atoms with Gasteiger partial charge in [0, 0.05) is 24.9 Å². The lowest BCUT2D eigenvalue weighted by Gasteiger charge is -2.30. The van der Waals surface area contributed by atoms with Gasteiger partial charge in [0.1, 0.15) is 0 Å². The van der Waals surface area contributed by atoms with Gasteiger partial charge in [-0.3, -0.25) is 14.5 Å². The molecule has 0 spiro atoms. The van der Waals surface area contributed by atoms with Crippen LogP contribution in [0.1, 0.15) is 37.7 Å². The zero-order chi connectivity index (χ0) is 19.4. The minimum atomic E-state index is 0.0578. The molecule has 0 saturated heterocycles. The second-order valence-corrected chi connectivity index (χ2v) is 8.70. The molecule has 28 heavy (non-hydrogen) atoms. The summed E-state index contributed by atoms with van der Waals surface area (Å²) in [6.07, 6.45) is 5.09. The number of H-pyrrole nitrogens is 1. The number of rotatable bonds is 7. The van der Waals surface area contributed by atoms with Crippen LogP contribution in [0.15, 0.2) is 47.8 Å². The van der Waals surface area contributed by atoms with Crippen molar-refractivity contribution in [1.29, 1.82) is 0 Å². The van der Waals surface area contributed by atoms with Gasteiger partial charge in [0.05, 0.1) is 4.88 Å². The van der Waals surface area contributed by atoms with Gasteiger partial charge < -0.3 is 5.32 Å². The van der Waals surface area contributed by atoms with Gasteiger partial charge in [-0.1, -0.05) is 49.2 Å². The minimum Gasteiger partial charge on any atom is -0.355 e. The van der Waals surface area contributed by atoms with Gasteiger partial charge in [-0.05, 0) is 42.1 Å². The molecule has 2 heterocycles. The Labute approximate surface area is 173 Å². The van der Waals surface area contributed by atoms with E-state index in [0.717, 1.165) is 23.5 Å². The van der Waals surface area contributed by atoms with Crippen LogP contribution >= 0.6 is 23.6 Å². The molecule has 1 aliphatic carbocycles. The number of aromatic amines is 1. The highest BCUT2D eigenvalue weighted by atomic mass is 32.1. The Morgan fingerprint density at radius 3 is 2.71 bits per heavy atom. The standard InChI is InChI=1S/C21H24N4OS2/c26-18(10-13-25-19(23-24-20(25)27)17-9-6-14-28-17)22-15-21(11-4-5-12-21)16-7-2-1-3-8-16/h1-3,6-9,14H,4-5,10-13,15H2,(H,22,26)(H,24,27). The van der Waals surface area contributed by atoms with Gasteiger partial charge in [0.2, 0.25) is 5.91 Å². The Balaban J connectivity index is 1.39. The van der Waals surface area contributed by atoms with Crippen molar-refractivity contribution >= 4 is 29.5 Å². The molecule has 1 aliphatic rings. The van der Waals surface area contributed by atoms with Crippen LogP contribution in [0.2, 0.25) is 0 Å². The summed E-state index contributed by atoms with van der Waals surface area (Å²) < 4.78 is 2.45. The predicted octanol–water partition coefficient (Wildman–Crippen LogP) is 4.69. The fraction of sp³-hybridized carbons (Fsp3) is 0.381. The fourth-order valence-corrected chi connectivity index (χ4v) is 5.05. The SMILES string of the molecule is O=C(CCn1c(-c2cccs2)n[nH]c1=S)NCC1(c2ccccc2)CCCC1. The first-order valence-electron chi connectivity index (χ1n) is 9.69. The van der Waals surface area contributed by atoms with Crippen LogP contribution < -0.4 is 5.32 Å². The fourth-order valence-electron chi connectivity index (χ4n) is 4.10. The lowest BCUT2D eigenvalue weighted by atomic mass is 9.79. The number of carbonyl (C=O) groups is 1. The van der Waals surface area contributed by atoms with Gasteiger partial charge >= 0.3 is 0 Å². The summed E-state index contributed by atoms with van der Waals surface area (Å²) in [5.41, 5.74) is 1.41. The number of thiophene rings is 1. The van der Waals surface area contributed by atoms with Crippen molar-refractivity contribution in [3.05, 3.63) is 58.2 Å². The summed E-state index contributed by atoms with van der Waals surface area (Å²) >= 11 is 6.96.